The Balaban J connectivity index is 1.55. The minimum Gasteiger partial charge on any atom is -0.451 e. The molecule has 31 heavy (non-hydrogen) atoms. The quantitative estimate of drug-likeness (QED) is 0.501. The average Bonchev–Trinajstić information content (AvgIpc) is 3.23. The highest BCUT2D eigenvalue weighted by atomic mass is 32.2. The van der Waals surface area contributed by atoms with E-state index in [9.17, 15) is 18.0 Å². The van der Waals surface area contributed by atoms with E-state index in [1.165, 1.54) is 37.3 Å². The molecule has 0 saturated heterocycles. The van der Waals surface area contributed by atoms with Crippen molar-refractivity contribution >= 4 is 38.4 Å². The number of ether oxygens (including phenoxy) is 1. The van der Waals surface area contributed by atoms with Crippen LogP contribution in [0.3, 0.4) is 0 Å². The van der Waals surface area contributed by atoms with Gasteiger partial charge in [0.15, 0.2) is 11.2 Å². The molecular formula is C21H21N3O5S2. The zero-order valence-electron chi connectivity index (χ0n) is 16.8. The third-order valence-electron chi connectivity index (χ3n) is 4.21. The van der Waals surface area contributed by atoms with Gasteiger partial charge in [-0.1, -0.05) is 48.5 Å². The lowest BCUT2D eigenvalue weighted by molar-refractivity contribution is -0.154. The van der Waals surface area contributed by atoms with Crippen molar-refractivity contribution in [3.8, 4) is 11.3 Å². The van der Waals surface area contributed by atoms with Gasteiger partial charge in [0.25, 0.3) is 5.91 Å². The van der Waals surface area contributed by atoms with Gasteiger partial charge in [0.05, 0.1) is 10.6 Å². The van der Waals surface area contributed by atoms with Crippen LogP contribution in [0.15, 0.2) is 70.9 Å². The van der Waals surface area contributed by atoms with E-state index in [1.807, 2.05) is 35.7 Å². The Kier molecular flexibility index (Phi) is 7.16. The zero-order valence-corrected chi connectivity index (χ0v) is 18.4. The van der Waals surface area contributed by atoms with Crippen LogP contribution in [-0.4, -0.2) is 37.4 Å². The van der Waals surface area contributed by atoms with Crippen molar-refractivity contribution in [2.24, 2.45) is 0 Å². The molecule has 0 aliphatic heterocycles. The number of aromatic nitrogens is 1. The van der Waals surface area contributed by atoms with Crippen LogP contribution in [0.5, 0.6) is 0 Å². The Hall–Kier alpha value is -3.08. The highest BCUT2D eigenvalue weighted by Gasteiger charge is 2.26. The fraction of sp³-hybridized carbons (Fsp3) is 0.190. The van der Waals surface area contributed by atoms with Crippen molar-refractivity contribution in [1.29, 1.82) is 0 Å². The molecule has 2 atom stereocenters. The molecule has 0 bridgehead atoms. The minimum absolute atomic E-state index is 0.0263. The molecule has 0 spiro atoms. The number of rotatable bonds is 8. The van der Waals surface area contributed by atoms with Crippen molar-refractivity contribution in [3.63, 3.8) is 0 Å². The highest BCUT2D eigenvalue weighted by molar-refractivity contribution is 7.89. The summed E-state index contributed by atoms with van der Waals surface area (Å²) in [7, 11) is -3.89. The van der Waals surface area contributed by atoms with Gasteiger partial charge in [-0.3, -0.25) is 14.9 Å². The predicted molar refractivity (Wildman–Crippen MR) is 118 cm³/mol. The molecule has 8 nitrogen and oxygen atoms in total. The summed E-state index contributed by atoms with van der Waals surface area (Å²) < 4.78 is 32.0. The van der Waals surface area contributed by atoms with Gasteiger partial charge >= 0.3 is 5.97 Å². The van der Waals surface area contributed by atoms with Crippen molar-refractivity contribution in [2.45, 2.75) is 30.9 Å². The summed E-state index contributed by atoms with van der Waals surface area (Å²) in [5.41, 5.74) is 1.63. The molecule has 0 saturated carbocycles. The first kappa shape index (κ1) is 22.6. The van der Waals surface area contributed by atoms with Gasteiger partial charge in [0.2, 0.25) is 10.0 Å². The Bertz CT molecular complexity index is 1150. The monoisotopic (exact) mass is 459 g/mol. The summed E-state index contributed by atoms with van der Waals surface area (Å²) in [6.45, 7) is 2.75. The van der Waals surface area contributed by atoms with E-state index in [2.05, 4.69) is 15.0 Å². The second-order valence-electron chi connectivity index (χ2n) is 6.63. The molecule has 2 N–H and O–H groups in total. The molecule has 0 radical (unpaired) electrons. The Morgan fingerprint density at radius 2 is 1.61 bits per heavy atom. The Morgan fingerprint density at radius 1 is 1.00 bits per heavy atom. The Morgan fingerprint density at radius 3 is 2.26 bits per heavy atom. The number of thiazole rings is 1. The summed E-state index contributed by atoms with van der Waals surface area (Å²) in [6.07, 6.45) is -1.14. The molecule has 0 aliphatic carbocycles. The van der Waals surface area contributed by atoms with Gasteiger partial charge in [-0.2, -0.15) is 4.72 Å². The summed E-state index contributed by atoms with van der Waals surface area (Å²) >= 11 is 1.25. The van der Waals surface area contributed by atoms with Gasteiger partial charge in [0, 0.05) is 10.9 Å². The van der Waals surface area contributed by atoms with Gasteiger partial charge in [-0.05, 0) is 26.0 Å². The summed E-state index contributed by atoms with van der Waals surface area (Å²) in [4.78, 5) is 29.0. The maximum Gasteiger partial charge on any atom is 0.324 e. The Labute approximate surface area is 184 Å². The van der Waals surface area contributed by atoms with Gasteiger partial charge in [0.1, 0.15) is 6.04 Å². The molecule has 162 valence electrons. The largest absolute Gasteiger partial charge is 0.451 e. The first-order valence-electron chi connectivity index (χ1n) is 9.36. The molecule has 1 aromatic heterocycles. The maximum atomic E-state index is 12.4. The standard InChI is InChI=1S/C21H21N3O5S2/c1-14(24-31(27,28)17-11-7-4-8-12-17)20(26)29-15(2)19(25)23-21-22-18(13-30-21)16-9-5-3-6-10-16/h3-15,24H,1-2H3,(H,22,23,25)/t14-,15?/m0/s1. The number of esters is 1. The number of benzene rings is 2. The summed E-state index contributed by atoms with van der Waals surface area (Å²) in [6, 6.07) is 16.0. The van der Waals surface area contributed by atoms with Gasteiger partial charge in [-0.15, -0.1) is 11.3 Å². The number of carbonyl (C=O) groups excluding carboxylic acids is 2. The molecule has 3 rings (SSSR count). The predicted octanol–water partition coefficient (Wildman–Crippen LogP) is 3.05. The van der Waals surface area contributed by atoms with E-state index < -0.39 is 34.0 Å². The fourth-order valence-electron chi connectivity index (χ4n) is 2.56. The molecule has 3 aromatic rings. The van der Waals surface area contributed by atoms with E-state index in [4.69, 9.17) is 4.74 Å². The lowest BCUT2D eigenvalue weighted by Crippen LogP contribution is -2.42. The molecule has 0 fully saturated rings. The third-order valence-corrected chi connectivity index (χ3v) is 6.52. The number of carbonyl (C=O) groups is 2. The molecule has 1 unspecified atom stereocenters. The second kappa shape index (κ2) is 9.82. The van der Waals surface area contributed by atoms with Crippen molar-refractivity contribution in [1.82, 2.24) is 9.71 Å². The molecular weight excluding hydrogens is 438 g/mol. The van der Waals surface area contributed by atoms with E-state index in [-0.39, 0.29) is 4.90 Å². The highest BCUT2D eigenvalue weighted by Crippen LogP contribution is 2.24. The average molecular weight is 460 g/mol. The van der Waals surface area contributed by atoms with Crippen LogP contribution in [0.1, 0.15) is 13.8 Å². The van der Waals surface area contributed by atoms with E-state index in [0.717, 1.165) is 11.3 Å². The number of amides is 1. The number of anilines is 1. The van der Waals surface area contributed by atoms with Crippen LogP contribution >= 0.6 is 11.3 Å². The van der Waals surface area contributed by atoms with E-state index in [1.54, 1.807) is 18.2 Å². The number of sulfonamides is 1. The number of nitrogens with zero attached hydrogens (tertiary/aromatic N) is 1. The van der Waals surface area contributed by atoms with Gasteiger partial charge < -0.3 is 4.74 Å². The molecule has 1 amide bonds. The van der Waals surface area contributed by atoms with E-state index >= 15 is 0 Å². The second-order valence-corrected chi connectivity index (χ2v) is 9.20. The van der Waals surface area contributed by atoms with Crippen LogP contribution in [0.25, 0.3) is 11.3 Å². The molecule has 0 aliphatic rings. The van der Waals surface area contributed by atoms with E-state index in [0.29, 0.717) is 5.13 Å². The van der Waals surface area contributed by atoms with Crippen molar-refractivity contribution < 1.29 is 22.7 Å². The van der Waals surface area contributed by atoms with Crippen LogP contribution in [-0.2, 0) is 24.3 Å². The fourth-order valence-corrected chi connectivity index (χ4v) is 4.49. The van der Waals surface area contributed by atoms with Crippen LogP contribution in [0.4, 0.5) is 5.13 Å². The first-order valence-corrected chi connectivity index (χ1v) is 11.7. The minimum atomic E-state index is -3.89. The molecule has 10 heteroatoms. The lowest BCUT2D eigenvalue weighted by Gasteiger charge is -2.17. The first-order chi connectivity index (χ1) is 14.8. The maximum absolute atomic E-state index is 12.4. The number of hydrogen-bond acceptors (Lipinski definition) is 7. The van der Waals surface area contributed by atoms with Crippen LogP contribution in [0.2, 0.25) is 0 Å². The smallest absolute Gasteiger partial charge is 0.324 e. The normalized spacial score (nSPS) is 13.2. The van der Waals surface area contributed by atoms with Gasteiger partial charge in [-0.25, -0.2) is 13.4 Å². The summed E-state index contributed by atoms with van der Waals surface area (Å²) in [5.74, 6) is -1.44. The molecule has 1 heterocycles. The van der Waals surface area contributed by atoms with Crippen LogP contribution < -0.4 is 10.0 Å². The SMILES string of the molecule is CC(OC(=O)[C@H](C)NS(=O)(=O)c1ccccc1)C(=O)Nc1nc(-c2ccccc2)cs1. The lowest BCUT2D eigenvalue weighted by atomic mass is 10.2. The van der Waals surface area contributed by atoms with Crippen LogP contribution in [0, 0.1) is 0 Å². The number of hydrogen-bond donors (Lipinski definition) is 2. The third kappa shape index (κ3) is 5.97. The molecule has 2 aromatic carbocycles. The topological polar surface area (TPSA) is 114 Å². The zero-order chi connectivity index (χ0) is 22.4. The van der Waals surface area contributed by atoms with Crippen molar-refractivity contribution in [2.75, 3.05) is 5.32 Å². The number of nitrogens with one attached hydrogen (secondary N) is 2. The summed E-state index contributed by atoms with van der Waals surface area (Å²) in [5, 5.41) is 4.78. The van der Waals surface area contributed by atoms with Crippen molar-refractivity contribution in [3.05, 3.63) is 66.0 Å².